The summed E-state index contributed by atoms with van der Waals surface area (Å²) in [5.41, 5.74) is 7.41. The van der Waals surface area contributed by atoms with Crippen molar-refractivity contribution in [3.63, 3.8) is 0 Å². The predicted octanol–water partition coefficient (Wildman–Crippen LogP) is 12.2. The topological polar surface area (TPSA) is 38.7 Å². The zero-order valence-corrected chi connectivity index (χ0v) is 26.8. The number of benzene rings is 7. The van der Waals surface area contributed by atoms with E-state index in [1.54, 1.807) is 12.1 Å². The summed E-state index contributed by atoms with van der Waals surface area (Å²) in [7, 11) is 0. The lowest BCUT2D eigenvalue weighted by Gasteiger charge is -2.11. The van der Waals surface area contributed by atoms with Gasteiger partial charge in [0.25, 0.3) is 0 Å². The fourth-order valence-corrected chi connectivity index (χ4v) is 6.87. The minimum Gasteiger partial charge on any atom is -0.208 e. The van der Waals surface area contributed by atoms with Gasteiger partial charge in [-0.15, -0.1) is 11.3 Å². The van der Waals surface area contributed by atoms with Gasteiger partial charge in [-0.05, 0) is 51.5 Å². The second kappa shape index (κ2) is 12.4. The lowest BCUT2D eigenvalue weighted by molar-refractivity contribution is 1.07. The summed E-state index contributed by atoms with van der Waals surface area (Å²) >= 11 is 1.05. The van der Waals surface area contributed by atoms with Crippen LogP contribution in [0.3, 0.4) is 0 Å². The van der Waals surface area contributed by atoms with Crippen LogP contribution >= 0.6 is 11.3 Å². The van der Waals surface area contributed by atoms with Crippen molar-refractivity contribution in [3.8, 4) is 67.5 Å². The first-order valence-corrected chi connectivity index (χ1v) is 16.6. The molecule has 4 heteroatoms. The van der Waals surface area contributed by atoms with E-state index in [0.29, 0.717) is 33.3 Å². The molecule has 9 aromatic rings. The van der Waals surface area contributed by atoms with Crippen LogP contribution in [-0.4, -0.2) is 15.0 Å². The molecule has 2 heterocycles. The number of fused-ring (bicyclic) bond motifs is 3. The average molecular weight is 651 g/mol. The van der Waals surface area contributed by atoms with Crippen LogP contribution in [0, 0.1) is 0 Å². The molecule has 3 nitrogen and oxygen atoms in total. The molecular formula is C45H29N3S. The molecule has 0 amide bonds. The van der Waals surface area contributed by atoms with E-state index in [1.807, 2.05) is 72.8 Å². The number of rotatable bonds is 6. The average Bonchev–Trinajstić information content (AvgIpc) is 3.67. The Kier molecular flexibility index (Phi) is 5.67. The molecule has 0 radical (unpaired) electrons. The van der Waals surface area contributed by atoms with E-state index in [-0.39, 0.29) is 57.3 Å². The lowest BCUT2D eigenvalue weighted by atomic mass is 10.0. The molecule has 0 unspecified atom stereocenters. The Hall–Kier alpha value is -6.23. The van der Waals surface area contributed by atoms with Crippen LogP contribution in [0.25, 0.3) is 87.7 Å². The van der Waals surface area contributed by atoms with Crippen molar-refractivity contribution in [2.45, 2.75) is 0 Å². The highest BCUT2D eigenvalue weighted by Crippen LogP contribution is 2.37. The van der Waals surface area contributed by atoms with Gasteiger partial charge < -0.3 is 0 Å². The SMILES string of the molecule is [2H]c1c([2H])c([2H])c2c(sc3c([2H])c(-c4ccc(-c5nc(-c6ccc(-c7ccccc7)cc6)nc(-c6cccc(-c7ccccc7)c6)n5)cc4)c([2H])c([2H])c32)c1[2H]. The van der Waals surface area contributed by atoms with Gasteiger partial charge in [-0.2, -0.15) is 0 Å². The Balaban J connectivity index is 1.15. The molecule has 0 aliphatic rings. The van der Waals surface area contributed by atoms with E-state index in [0.717, 1.165) is 44.7 Å². The van der Waals surface area contributed by atoms with Crippen LogP contribution in [0.15, 0.2) is 176 Å². The van der Waals surface area contributed by atoms with E-state index in [1.165, 1.54) is 0 Å². The van der Waals surface area contributed by atoms with Crippen molar-refractivity contribution in [1.82, 2.24) is 15.0 Å². The highest BCUT2D eigenvalue weighted by molar-refractivity contribution is 7.25. The first-order chi connectivity index (χ1) is 27.2. The van der Waals surface area contributed by atoms with Gasteiger partial charge in [0.05, 0.1) is 9.60 Å². The van der Waals surface area contributed by atoms with Gasteiger partial charge in [-0.1, -0.05) is 158 Å². The van der Waals surface area contributed by atoms with Crippen molar-refractivity contribution < 1.29 is 9.60 Å². The minimum absolute atomic E-state index is 0.00575. The Morgan fingerprint density at radius 2 is 0.837 bits per heavy atom. The van der Waals surface area contributed by atoms with Gasteiger partial charge in [-0.3, -0.25) is 0 Å². The molecule has 0 saturated heterocycles. The van der Waals surface area contributed by atoms with Gasteiger partial charge in [0.1, 0.15) is 0 Å². The number of hydrogen-bond donors (Lipinski definition) is 0. The van der Waals surface area contributed by atoms with Crippen LogP contribution < -0.4 is 0 Å². The van der Waals surface area contributed by atoms with Crippen molar-refractivity contribution >= 4 is 31.5 Å². The first kappa shape index (κ1) is 22.4. The molecule has 49 heavy (non-hydrogen) atoms. The molecule has 2 aromatic heterocycles. The maximum Gasteiger partial charge on any atom is 0.164 e. The summed E-state index contributed by atoms with van der Waals surface area (Å²) < 4.78 is 61.0. The van der Waals surface area contributed by atoms with Crippen LogP contribution in [0.2, 0.25) is 0 Å². The summed E-state index contributed by atoms with van der Waals surface area (Å²) in [6, 6.07) is 42.1. The third kappa shape index (κ3) is 5.69. The van der Waals surface area contributed by atoms with Gasteiger partial charge in [-0.25, -0.2) is 15.0 Å². The van der Waals surface area contributed by atoms with E-state index in [9.17, 15) is 0 Å². The zero-order valence-electron chi connectivity index (χ0n) is 33.0. The molecule has 0 aliphatic heterocycles. The number of hydrogen-bond acceptors (Lipinski definition) is 4. The summed E-state index contributed by atoms with van der Waals surface area (Å²) in [6.45, 7) is 0. The van der Waals surface area contributed by atoms with Gasteiger partial charge in [0, 0.05) is 36.9 Å². The van der Waals surface area contributed by atoms with Crippen LogP contribution in [0.1, 0.15) is 9.60 Å². The quantitative estimate of drug-likeness (QED) is 0.180. The van der Waals surface area contributed by atoms with Crippen molar-refractivity contribution in [1.29, 1.82) is 0 Å². The highest BCUT2D eigenvalue weighted by Gasteiger charge is 2.14. The second-order valence-electron chi connectivity index (χ2n) is 11.5. The summed E-state index contributed by atoms with van der Waals surface area (Å²) in [5, 5.41) is 0.376. The Morgan fingerprint density at radius 1 is 0.367 bits per heavy atom. The zero-order chi connectivity index (χ0) is 38.7. The monoisotopic (exact) mass is 650 g/mol. The second-order valence-corrected chi connectivity index (χ2v) is 12.6. The molecule has 9 rings (SSSR count). The van der Waals surface area contributed by atoms with Gasteiger partial charge >= 0.3 is 0 Å². The fourth-order valence-electron chi connectivity index (χ4n) is 5.90. The van der Waals surface area contributed by atoms with Gasteiger partial charge in [0.2, 0.25) is 0 Å². The largest absolute Gasteiger partial charge is 0.208 e. The smallest absolute Gasteiger partial charge is 0.164 e. The number of nitrogens with zero attached hydrogens (tertiary/aromatic N) is 3. The molecule has 0 fully saturated rings. The third-order valence-corrected chi connectivity index (χ3v) is 9.45. The summed E-state index contributed by atoms with van der Waals surface area (Å²) in [6.07, 6.45) is 0. The van der Waals surface area contributed by atoms with Crippen LogP contribution in [0.5, 0.6) is 0 Å². The summed E-state index contributed by atoms with van der Waals surface area (Å²) in [4.78, 5) is 14.9. The molecular weight excluding hydrogens is 615 g/mol. The minimum atomic E-state index is -0.405. The van der Waals surface area contributed by atoms with Crippen molar-refractivity contribution in [2.75, 3.05) is 0 Å². The van der Waals surface area contributed by atoms with E-state index in [4.69, 9.17) is 24.5 Å². The molecule has 230 valence electrons. The number of thiophene rings is 1. The Bertz CT molecular complexity index is 2970. The fraction of sp³-hybridized carbons (Fsp3) is 0. The maximum atomic E-state index is 9.17. The van der Waals surface area contributed by atoms with E-state index >= 15 is 0 Å². The van der Waals surface area contributed by atoms with Crippen LogP contribution in [0.4, 0.5) is 0 Å². The van der Waals surface area contributed by atoms with Crippen molar-refractivity contribution in [3.05, 3.63) is 176 Å². The molecule has 0 N–H and O–H groups in total. The van der Waals surface area contributed by atoms with Crippen LogP contribution in [-0.2, 0) is 0 Å². The summed E-state index contributed by atoms with van der Waals surface area (Å²) in [5.74, 6) is 1.45. The Labute approximate surface area is 298 Å². The lowest BCUT2D eigenvalue weighted by Crippen LogP contribution is -2.00. The third-order valence-electron chi connectivity index (χ3n) is 8.43. The van der Waals surface area contributed by atoms with Gasteiger partial charge in [0.15, 0.2) is 17.5 Å². The predicted molar refractivity (Wildman–Crippen MR) is 205 cm³/mol. The molecule has 0 aliphatic carbocycles. The molecule has 0 saturated carbocycles. The molecule has 0 atom stereocenters. The van der Waals surface area contributed by atoms with E-state index < -0.39 is 6.04 Å². The van der Waals surface area contributed by atoms with Crippen molar-refractivity contribution in [2.24, 2.45) is 0 Å². The normalized spacial score (nSPS) is 13.3. The number of aromatic nitrogens is 3. The first-order valence-electron chi connectivity index (χ1n) is 19.3. The molecule has 0 spiro atoms. The Morgan fingerprint density at radius 3 is 1.49 bits per heavy atom. The van der Waals surface area contributed by atoms with E-state index in [2.05, 4.69) is 48.5 Å². The maximum absolute atomic E-state index is 9.17. The molecule has 0 bridgehead atoms. The molecule has 7 aromatic carbocycles. The highest BCUT2D eigenvalue weighted by atomic mass is 32.1. The standard InChI is InChI=1S/C45H29N3S/c1-3-10-30(11-4-1)32-18-22-34(23-19-32)43-46-44(48-45(47-43)38-15-9-14-36(28-38)31-12-5-2-6-13-31)35-24-20-33(21-25-35)37-26-27-40-39-16-7-8-17-41(39)49-42(40)29-37/h1-29H/i7D,8D,16D,17D,26D,27D,29D.